The van der Waals surface area contributed by atoms with Gasteiger partial charge in [0.05, 0.1) is 5.56 Å². The average Bonchev–Trinajstić information content (AvgIpc) is 2.76. The van der Waals surface area contributed by atoms with E-state index in [0.29, 0.717) is 6.54 Å². The standard InChI is InChI=1S/C15H20N2O2/c1-17-11-13(12-7-3-4-8-14(12)17)15(19)16-9-5-2-6-10-18/h3-4,7-8,11,18H,2,5-6,9-10H2,1H3,(H,16,19). The van der Waals surface area contributed by atoms with Crippen molar-refractivity contribution < 1.29 is 9.90 Å². The van der Waals surface area contributed by atoms with Gasteiger partial charge in [0.15, 0.2) is 0 Å². The second-order valence-corrected chi connectivity index (χ2v) is 4.71. The van der Waals surface area contributed by atoms with E-state index in [9.17, 15) is 4.79 Å². The summed E-state index contributed by atoms with van der Waals surface area (Å²) in [5.74, 6) is -0.0270. The first-order valence-electron chi connectivity index (χ1n) is 6.67. The fourth-order valence-electron chi connectivity index (χ4n) is 2.23. The number of nitrogens with one attached hydrogen (secondary N) is 1. The molecule has 1 amide bonds. The molecule has 0 unspecified atom stereocenters. The lowest BCUT2D eigenvalue weighted by molar-refractivity contribution is 0.0954. The summed E-state index contributed by atoms with van der Waals surface area (Å²) in [7, 11) is 1.94. The number of fused-ring (bicyclic) bond motifs is 1. The maximum absolute atomic E-state index is 12.1. The van der Waals surface area contributed by atoms with Crippen molar-refractivity contribution in [2.24, 2.45) is 7.05 Å². The Kier molecular flexibility index (Phi) is 4.58. The van der Waals surface area contributed by atoms with E-state index in [-0.39, 0.29) is 12.5 Å². The molecule has 1 aromatic carbocycles. The zero-order valence-electron chi connectivity index (χ0n) is 11.2. The van der Waals surface area contributed by atoms with E-state index < -0.39 is 0 Å². The predicted octanol–water partition coefficient (Wildman–Crippen LogP) is 2.07. The minimum atomic E-state index is -0.0270. The Morgan fingerprint density at radius 3 is 2.84 bits per heavy atom. The van der Waals surface area contributed by atoms with E-state index in [0.717, 1.165) is 35.7 Å². The number of aromatic nitrogens is 1. The van der Waals surface area contributed by atoms with Gasteiger partial charge in [-0.3, -0.25) is 4.79 Å². The maximum Gasteiger partial charge on any atom is 0.253 e. The van der Waals surface area contributed by atoms with Crippen molar-refractivity contribution in [2.75, 3.05) is 13.2 Å². The molecule has 19 heavy (non-hydrogen) atoms. The maximum atomic E-state index is 12.1. The van der Waals surface area contributed by atoms with Gasteiger partial charge in [0.25, 0.3) is 5.91 Å². The summed E-state index contributed by atoms with van der Waals surface area (Å²) < 4.78 is 1.97. The number of aliphatic hydroxyl groups is 1. The van der Waals surface area contributed by atoms with Gasteiger partial charge >= 0.3 is 0 Å². The predicted molar refractivity (Wildman–Crippen MR) is 76.2 cm³/mol. The van der Waals surface area contributed by atoms with Gasteiger partial charge in [0.2, 0.25) is 0 Å². The fourth-order valence-corrected chi connectivity index (χ4v) is 2.23. The minimum Gasteiger partial charge on any atom is -0.396 e. The Labute approximate surface area is 113 Å². The van der Waals surface area contributed by atoms with Crippen LogP contribution in [-0.4, -0.2) is 28.7 Å². The van der Waals surface area contributed by atoms with E-state index in [1.54, 1.807) is 0 Å². The average molecular weight is 260 g/mol. The van der Waals surface area contributed by atoms with Gasteiger partial charge in [0, 0.05) is 37.3 Å². The van der Waals surface area contributed by atoms with Crippen LogP contribution in [0.5, 0.6) is 0 Å². The number of nitrogens with zero attached hydrogens (tertiary/aromatic N) is 1. The summed E-state index contributed by atoms with van der Waals surface area (Å²) >= 11 is 0. The number of para-hydroxylation sites is 1. The van der Waals surface area contributed by atoms with Gasteiger partial charge in [-0.25, -0.2) is 0 Å². The molecule has 2 N–H and O–H groups in total. The smallest absolute Gasteiger partial charge is 0.253 e. The number of benzene rings is 1. The lowest BCUT2D eigenvalue weighted by Gasteiger charge is -2.03. The summed E-state index contributed by atoms with van der Waals surface area (Å²) in [5, 5.41) is 12.6. The van der Waals surface area contributed by atoms with Crippen LogP contribution in [0.4, 0.5) is 0 Å². The molecule has 0 fully saturated rings. The van der Waals surface area contributed by atoms with Crippen molar-refractivity contribution >= 4 is 16.8 Å². The Balaban J connectivity index is 2.01. The van der Waals surface area contributed by atoms with Crippen LogP contribution in [0, 0.1) is 0 Å². The van der Waals surface area contributed by atoms with Crippen LogP contribution >= 0.6 is 0 Å². The van der Waals surface area contributed by atoms with Gasteiger partial charge in [-0.2, -0.15) is 0 Å². The van der Waals surface area contributed by atoms with E-state index in [2.05, 4.69) is 5.32 Å². The van der Waals surface area contributed by atoms with Crippen molar-refractivity contribution in [3.63, 3.8) is 0 Å². The van der Waals surface area contributed by atoms with Crippen LogP contribution in [-0.2, 0) is 7.05 Å². The molecule has 4 nitrogen and oxygen atoms in total. The molecule has 1 heterocycles. The molecule has 0 aliphatic rings. The van der Waals surface area contributed by atoms with Crippen LogP contribution in [0.1, 0.15) is 29.6 Å². The number of carbonyl (C=O) groups is 1. The molecule has 0 aliphatic carbocycles. The normalized spacial score (nSPS) is 10.8. The molecule has 0 aliphatic heterocycles. The molecule has 2 aromatic rings. The topological polar surface area (TPSA) is 54.3 Å². The van der Waals surface area contributed by atoms with Crippen molar-refractivity contribution in [3.8, 4) is 0 Å². The molecule has 0 saturated heterocycles. The second-order valence-electron chi connectivity index (χ2n) is 4.71. The molecule has 0 saturated carbocycles. The Bertz CT molecular complexity index is 560. The highest BCUT2D eigenvalue weighted by Crippen LogP contribution is 2.19. The largest absolute Gasteiger partial charge is 0.396 e. The third kappa shape index (κ3) is 3.15. The number of hydrogen-bond acceptors (Lipinski definition) is 2. The molecule has 2 rings (SSSR count). The van der Waals surface area contributed by atoms with Crippen LogP contribution in [0.15, 0.2) is 30.5 Å². The van der Waals surface area contributed by atoms with Crippen LogP contribution in [0.2, 0.25) is 0 Å². The highest BCUT2D eigenvalue weighted by atomic mass is 16.2. The van der Waals surface area contributed by atoms with Crippen LogP contribution < -0.4 is 5.32 Å². The van der Waals surface area contributed by atoms with Crippen molar-refractivity contribution in [1.82, 2.24) is 9.88 Å². The summed E-state index contributed by atoms with van der Waals surface area (Å²) in [6.07, 6.45) is 4.50. The highest BCUT2D eigenvalue weighted by Gasteiger charge is 2.12. The summed E-state index contributed by atoms with van der Waals surface area (Å²) in [6.45, 7) is 0.874. The first-order valence-corrected chi connectivity index (χ1v) is 6.67. The summed E-state index contributed by atoms with van der Waals surface area (Å²) in [6, 6.07) is 7.89. The van der Waals surface area contributed by atoms with E-state index in [4.69, 9.17) is 5.11 Å². The van der Waals surface area contributed by atoms with Gasteiger partial charge in [-0.05, 0) is 25.3 Å². The molecular weight excluding hydrogens is 240 g/mol. The van der Waals surface area contributed by atoms with E-state index >= 15 is 0 Å². The third-order valence-corrected chi connectivity index (χ3v) is 3.26. The Hall–Kier alpha value is -1.81. The zero-order valence-corrected chi connectivity index (χ0v) is 11.2. The van der Waals surface area contributed by atoms with Crippen LogP contribution in [0.25, 0.3) is 10.9 Å². The molecule has 102 valence electrons. The number of unbranched alkanes of at least 4 members (excludes halogenated alkanes) is 2. The first kappa shape index (κ1) is 13.6. The SMILES string of the molecule is Cn1cc(C(=O)NCCCCCO)c2ccccc21. The molecule has 0 bridgehead atoms. The lowest BCUT2D eigenvalue weighted by Crippen LogP contribution is -2.24. The van der Waals surface area contributed by atoms with Gasteiger partial charge in [-0.1, -0.05) is 18.2 Å². The van der Waals surface area contributed by atoms with E-state index in [1.165, 1.54) is 0 Å². The molecule has 0 atom stereocenters. The monoisotopic (exact) mass is 260 g/mol. The molecule has 4 heteroatoms. The summed E-state index contributed by atoms with van der Waals surface area (Å²) in [4.78, 5) is 12.1. The molecular formula is C15H20N2O2. The Morgan fingerprint density at radius 2 is 2.05 bits per heavy atom. The number of aliphatic hydroxyl groups excluding tert-OH is 1. The third-order valence-electron chi connectivity index (χ3n) is 3.26. The quantitative estimate of drug-likeness (QED) is 0.781. The number of aryl methyl sites for hydroxylation is 1. The lowest BCUT2D eigenvalue weighted by atomic mass is 10.1. The number of carbonyl (C=O) groups excluding carboxylic acids is 1. The highest BCUT2D eigenvalue weighted by molar-refractivity contribution is 6.06. The van der Waals surface area contributed by atoms with E-state index in [1.807, 2.05) is 42.1 Å². The molecule has 1 aromatic heterocycles. The fraction of sp³-hybridized carbons (Fsp3) is 0.400. The van der Waals surface area contributed by atoms with Crippen LogP contribution in [0.3, 0.4) is 0 Å². The van der Waals surface area contributed by atoms with Crippen molar-refractivity contribution in [2.45, 2.75) is 19.3 Å². The van der Waals surface area contributed by atoms with Crippen molar-refractivity contribution in [1.29, 1.82) is 0 Å². The van der Waals surface area contributed by atoms with Crippen molar-refractivity contribution in [3.05, 3.63) is 36.0 Å². The minimum absolute atomic E-state index is 0.0270. The van der Waals surface area contributed by atoms with Gasteiger partial charge in [0.1, 0.15) is 0 Å². The van der Waals surface area contributed by atoms with Gasteiger partial charge in [-0.15, -0.1) is 0 Å². The number of rotatable bonds is 6. The molecule has 0 spiro atoms. The first-order chi connectivity index (χ1) is 9.24. The summed E-state index contributed by atoms with van der Waals surface area (Å²) in [5.41, 5.74) is 1.79. The van der Waals surface area contributed by atoms with Gasteiger partial charge < -0.3 is 15.0 Å². The zero-order chi connectivity index (χ0) is 13.7. The number of hydrogen-bond donors (Lipinski definition) is 2. The molecule has 0 radical (unpaired) electrons. The second kappa shape index (κ2) is 6.38. The number of amides is 1. The Morgan fingerprint density at radius 1 is 1.26 bits per heavy atom.